The summed E-state index contributed by atoms with van der Waals surface area (Å²) in [6.07, 6.45) is 0. The van der Waals surface area contributed by atoms with E-state index in [0.717, 1.165) is 5.56 Å². The van der Waals surface area contributed by atoms with Gasteiger partial charge < -0.3 is 15.8 Å². The molecule has 0 atom stereocenters. The van der Waals surface area contributed by atoms with Crippen molar-refractivity contribution >= 4 is 23.3 Å². The van der Waals surface area contributed by atoms with Crippen molar-refractivity contribution in [3.8, 4) is 0 Å². The third kappa shape index (κ3) is 3.86. The Morgan fingerprint density at radius 3 is 2.63 bits per heavy atom. The van der Waals surface area contributed by atoms with Gasteiger partial charge in [-0.1, -0.05) is 22.8 Å². The van der Waals surface area contributed by atoms with Crippen LogP contribution in [-0.4, -0.2) is 34.4 Å². The number of carbonyl (C=O) groups excluding carboxylic acids is 1. The standard InChI is InChI=1S/C13H18ClN3O2/c1-8(2)17(7-12(15)16-19)13(18)10-5-4-9(3)11(14)6-10/h4-6,8,19H,7H2,1-3H3,(H2,15,16). The molecule has 3 N–H and O–H groups in total. The maximum atomic E-state index is 12.4. The Morgan fingerprint density at radius 1 is 1.53 bits per heavy atom. The summed E-state index contributed by atoms with van der Waals surface area (Å²) in [7, 11) is 0. The Morgan fingerprint density at radius 2 is 2.16 bits per heavy atom. The van der Waals surface area contributed by atoms with Gasteiger partial charge in [-0.3, -0.25) is 4.79 Å². The Labute approximate surface area is 117 Å². The predicted octanol–water partition coefficient (Wildman–Crippen LogP) is 2.25. The monoisotopic (exact) mass is 283 g/mol. The summed E-state index contributed by atoms with van der Waals surface area (Å²) in [4.78, 5) is 13.9. The summed E-state index contributed by atoms with van der Waals surface area (Å²) in [5, 5.41) is 12.0. The maximum Gasteiger partial charge on any atom is 0.254 e. The third-order valence-corrected chi connectivity index (χ3v) is 3.17. The summed E-state index contributed by atoms with van der Waals surface area (Å²) in [5.41, 5.74) is 6.85. The molecule has 0 aliphatic heterocycles. The lowest BCUT2D eigenvalue weighted by molar-refractivity contribution is 0.0734. The average molecular weight is 284 g/mol. The largest absolute Gasteiger partial charge is 0.409 e. The zero-order valence-electron chi connectivity index (χ0n) is 11.2. The molecule has 0 aromatic heterocycles. The van der Waals surface area contributed by atoms with Gasteiger partial charge in [-0.25, -0.2) is 0 Å². The number of halogens is 1. The molecule has 0 radical (unpaired) electrons. The van der Waals surface area contributed by atoms with Crippen LogP contribution >= 0.6 is 11.6 Å². The molecule has 0 saturated heterocycles. The average Bonchev–Trinajstić information content (AvgIpc) is 2.37. The van der Waals surface area contributed by atoms with E-state index in [1.165, 1.54) is 4.90 Å². The molecule has 19 heavy (non-hydrogen) atoms. The highest BCUT2D eigenvalue weighted by atomic mass is 35.5. The van der Waals surface area contributed by atoms with Crippen molar-refractivity contribution in [1.29, 1.82) is 0 Å². The molecule has 1 rings (SSSR count). The fraction of sp³-hybridized carbons (Fsp3) is 0.385. The topological polar surface area (TPSA) is 78.9 Å². The fourth-order valence-corrected chi connectivity index (χ4v) is 1.77. The zero-order chi connectivity index (χ0) is 14.6. The SMILES string of the molecule is Cc1ccc(C(=O)N(CC(N)=NO)C(C)C)cc1Cl. The van der Waals surface area contributed by atoms with Crippen LogP contribution in [0.5, 0.6) is 0 Å². The normalized spacial score (nSPS) is 11.7. The molecule has 5 nitrogen and oxygen atoms in total. The molecule has 1 amide bonds. The third-order valence-electron chi connectivity index (χ3n) is 2.76. The second kappa shape index (κ2) is 6.43. The van der Waals surface area contributed by atoms with E-state index in [0.29, 0.717) is 10.6 Å². The first kappa shape index (κ1) is 15.3. The van der Waals surface area contributed by atoms with Gasteiger partial charge in [-0.2, -0.15) is 0 Å². The van der Waals surface area contributed by atoms with E-state index < -0.39 is 0 Å². The van der Waals surface area contributed by atoms with Gasteiger partial charge >= 0.3 is 0 Å². The second-order valence-corrected chi connectivity index (χ2v) is 4.99. The van der Waals surface area contributed by atoms with Gasteiger partial charge in [0.1, 0.15) is 0 Å². The molecular formula is C13H18ClN3O2. The van der Waals surface area contributed by atoms with Gasteiger partial charge in [0.05, 0.1) is 6.54 Å². The molecule has 0 aliphatic carbocycles. The molecule has 0 aliphatic rings. The molecule has 104 valence electrons. The molecule has 0 fully saturated rings. The number of hydrogen-bond acceptors (Lipinski definition) is 3. The van der Waals surface area contributed by atoms with E-state index in [1.54, 1.807) is 18.2 Å². The van der Waals surface area contributed by atoms with Crippen molar-refractivity contribution in [2.45, 2.75) is 26.8 Å². The Kier molecular flexibility index (Phi) is 5.18. The van der Waals surface area contributed by atoms with Crippen molar-refractivity contribution < 1.29 is 10.0 Å². The van der Waals surface area contributed by atoms with Gasteiger partial charge in [0.25, 0.3) is 5.91 Å². The Balaban J connectivity index is 3.02. The van der Waals surface area contributed by atoms with Gasteiger partial charge in [0, 0.05) is 16.6 Å². The van der Waals surface area contributed by atoms with Gasteiger partial charge in [0.15, 0.2) is 5.84 Å². The Bertz CT molecular complexity index is 501. The minimum Gasteiger partial charge on any atom is -0.409 e. The van der Waals surface area contributed by atoms with Gasteiger partial charge in [-0.05, 0) is 38.5 Å². The number of benzene rings is 1. The van der Waals surface area contributed by atoms with E-state index in [4.69, 9.17) is 22.5 Å². The smallest absolute Gasteiger partial charge is 0.254 e. The Hall–Kier alpha value is -1.75. The van der Waals surface area contributed by atoms with E-state index >= 15 is 0 Å². The molecule has 1 aromatic rings. The number of nitrogens with two attached hydrogens (primary N) is 1. The van der Waals surface area contributed by atoms with Crippen molar-refractivity contribution in [3.63, 3.8) is 0 Å². The minimum absolute atomic E-state index is 0.0136. The number of amides is 1. The molecular weight excluding hydrogens is 266 g/mol. The lowest BCUT2D eigenvalue weighted by Crippen LogP contribution is -2.42. The zero-order valence-corrected chi connectivity index (χ0v) is 12.0. The van der Waals surface area contributed by atoms with Crippen LogP contribution in [0.3, 0.4) is 0 Å². The summed E-state index contributed by atoms with van der Waals surface area (Å²) in [6, 6.07) is 5.05. The summed E-state index contributed by atoms with van der Waals surface area (Å²) in [5.74, 6) is -0.219. The highest BCUT2D eigenvalue weighted by Crippen LogP contribution is 2.18. The van der Waals surface area contributed by atoms with Crippen LogP contribution in [0.1, 0.15) is 29.8 Å². The summed E-state index contributed by atoms with van der Waals surface area (Å²) in [6.45, 7) is 5.66. The van der Waals surface area contributed by atoms with Crippen LogP contribution in [0.25, 0.3) is 0 Å². The van der Waals surface area contributed by atoms with Crippen molar-refractivity contribution in [2.75, 3.05) is 6.54 Å². The van der Waals surface area contributed by atoms with Crippen LogP contribution < -0.4 is 5.73 Å². The number of rotatable bonds is 4. The first-order valence-electron chi connectivity index (χ1n) is 5.90. The molecule has 1 aromatic carbocycles. The summed E-state index contributed by atoms with van der Waals surface area (Å²) < 4.78 is 0. The predicted molar refractivity (Wildman–Crippen MR) is 75.8 cm³/mol. The maximum absolute atomic E-state index is 12.4. The number of aryl methyl sites for hydroxylation is 1. The van der Waals surface area contributed by atoms with Gasteiger partial charge in [0.2, 0.25) is 0 Å². The van der Waals surface area contributed by atoms with E-state index in [1.807, 2.05) is 20.8 Å². The van der Waals surface area contributed by atoms with Crippen LogP contribution in [0.2, 0.25) is 5.02 Å². The van der Waals surface area contributed by atoms with E-state index in [-0.39, 0.29) is 24.3 Å². The van der Waals surface area contributed by atoms with Crippen LogP contribution in [0.15, 0.2) is 23.4 Å². The molecule has 0 spiro atoms. The number of hydrogen-bond donors (Lipinski definition) is 2. The molecule has 0 unspecified atom stereocenters. The lowest BCUT2D eigenvalue weighted by atomic mass is 10.1. The highest BCUT2D eigenvalue weighted by molar-refractivity contribution is 6.31. The number of nitrogens with zero attached hydrogens (tertiary/aromatic N) is 2. The lowest BCUT2D eigenvalue weighted by Gasteiger charge is -2.26. The minimum atomic E-state index is -0.205. The van der Waals surface area contributed by atoms with E-state index in [9.17, 15) is 4.79 Å². The molecule has 0 bridgehead atoms. The van der Waals surface area contributed by atoms with Crippen molar-refractivity contribution in [1.82, 2.24) is 4.90 Å². The van der Waals surface area contributed by atoms with Crippen LogP contribution in [0.4, 0.5) is 0 Å². The van der Waals surface area contributed by atoms with Gasteiger partial charge in [-0.15, -0.1) is 0 Å². The summed E-state index contributed by atoms with van der Waals surface area (Å²) >= 11 is 6.02. The first-order chi connectivity index (χ1) is 8.86. The number of oxime groups is 1. The molecule has 0 saturated carbocycles. The van der Waals surface area contributed by atoms with Crippen molar-refractivity contribution in [2.24, 2.45) is 10.9 Å². The number of amidine groups is 1. The van der Waals surface area contributed by atoms with Crippen molar-refractivity contribution in [3.05, 3.63) is 34.3 Å². The molecule has 6 heteroatoms. The quantitative estimate of drug-likeness (QED) is 0.385. The highest BCUT2D eigenvalue weighted by Gasteiger charge is 2.20. The van der Waals surface area contributed by atoms with Crippen LogP contribution in [-0.2, 0) is 0 Å². The first-order valence-corrected chi connectivity index (χ1v) is 6.28. The molecule has 0 heterocycles. The van der Waals surface area contributed by atoms with E-state index in [2.05, 4.69) is 5.16 Å². The second-order valence-electron chi connectivity index (χ2n) is 4.58. The van der Waals surface area contributed by atoms with Crippen LogP contribution in [0, 0.1) is 6.92 Å². The fourth-order valence-electron chi connectivity index (χ4n) is 1.59. The number of carbonyl (C=O) groups is 1.